The summed E-state index contributed by atoms with van der Waals surface area (Å²) in [7, 11) is 0. The highest BCUT2D eigenvalue weighted by molar-refractivity contribution is 5.66. The number of hydrogen-bond donors (Lipinski definition) is 0. The van der Waals surface area contributed by atoms with Crippen LogP contribution in [0.15, 0.2) is 79.4 Å². The molecule has 1 nitrogen and oxygen atoms in total. The lowest BCUT2D eigenvalue weighted by Crippen LogP contribution is -2.23. The highest BCUT2D eigenvalue weighted by atomic mass is 19.4. The first-order chi connectivity index (χ1) is 20.2. The number of ether oxygens (including phenoxy) is 1. The lowest BCUT2D eigenvalue weighted by atomic mass is 10.0. The fraction of sp³-hybridized carbons (Fsp3) is 0.125. The Morgan fingerprint density at radius 1 is 0.674 bits per heavy atom. The van der Waals surface area contributed by atoms with Crippen molar-refractivity contribution in [1.82, 2.24) is 0 Å². The van der Waals surface area contributed by atoms with Crippen molar-refractivity contribution >= 4 is 0 Å². The van der Waals surface area contributed by atoms with Crippen LogP contribution in [0.1, 0.15) is 34.2 Å². The Labute approximate surface area is 239 Å². The molecule has 222 valence electrons. The molecule has 0 aliphatic rings. The van der Waals surface area contributed by atoms with E-state index in [0.717, 1.165) is 30.5 Å². The van der Waals surface area contributed by atoms with E-state index in [1.165, 1.54) is 0 Å². The van der Waals surface area contributed by atoms with E-state index in [2.05, 4.69) is 23.2 Å². The third kappa shape index (κ3) is 7.20. The number of rotatable bonds is 7. The van der Waals surface area contributed by atoms with E-state index < -0.39 is 69.4 Å². The molecule has 0 N–H and O–H groups in total. The molecular weight excluding hydrogens is 590 g/mol. The molecule has 0 aliphatic heterocycles. The summed E-state index contributed by atoms with van der Waals surface area (Å²) in [6.45, 7) is 3.65. The Morgan fingerprint density at radius 3 is 1.77 bits per heavy atom. The quantitative estimate of drug-likeness (QED) is 0.115. The Bertz CT molecular complexity index is 1680. The molecule has 0 fully saturated rings. The van der Waals surface area contributed by atoms with Crippen LogP contribution in [-0.2, 0) is 18.7 Å². The summed E-state index contributed by atoms with van der Waals surface area (Å²) in [5.74, 6) is -4.83. The van der Waals surface area contributed by atoms with Crippen LogP contribution in [0.5, 0.6) is 5.75 Å². The van der Waals surface area contributed by atoms with Gasteiger partial charge in [0.2, 0.25) is 0 Å². The number of hydrogen-bond acceptors (Lipinski definition) is 1. The first-order valence-corrected chi connectivity index (χ1v) is 12.3. The largest absolute Gasteiger partial charge is 0.429 e. The van der Waals surface area contributed by atoms with Gasteiger partial charge in [0.05, 0.1) is 5.56 Å². The zero-order valence-corrected chi connectivity index (χ0v) is 21.7. The molecule has 0 amide bonds. The molecule has 0 atom stereocenters. The molecule has 43 heavy (non-hydrogen) atoms. The predicted molar refractivity (Wildman–Crippen MR) is 139 cm³/mol. The summed E-state index contributed by atoms with van der Waals surface area (Å²) in [6, 6.07) is 10.2. The van der Waals surface area contributed by atoms with Crippen LogP contribution < -0.4 is 4.74 Å². The lowest BCUT2D eigenvalue weighted by molar-refractivity contribution is -0.187. The lowest BCUT2D eigenvalue weighted by Gasteiger charge is -2.20. The van der Waals surface area contributed by atoms with Crippen LogP contribution in [0.25, 0.3) is 11.1 Å². The Kier molecular flexibility index (Phi) is 8.90. The van der Waals surface area contributed by atoms with Crippen molar-refractivity contribution in [2.24, 2.45) is 0 Å². The summed E-state index contributed by atoms with van der Waals surface area (Å²) in [4.78, 5) is 0. The van der Waals surface area contributed by atoms with Gasteiger partial charge in [-0.1, -0.05) is 30.0 Å². The molecule has 0 radical (unpaired) electrons. The number of alkyl halides is 5. The van der Waals surface area contributed by atoms with E-state index in [9.17, 15) is 43.9 Å². The van der Waals surface area contributed by atoms with Crippen molar-refractivity contribution in [3.8, 4) is 28.7 Å². The highest BCUT2D eigenvalue weighted by Gasteiger charge is 2.39. The van der Waals surface area contributed by atoms with Gasteiger partial charge >= 0.3 is 12.3 Å². The fourth-order valence-corrected chi connectivity index (χ4v) is 4.07. The first-order valence-electron chi connectivity index (χ1n) is 12.3. The van der Waals surface area contributed by atoms with Gasteiger partial charge in [0.15, 0.2) is 0 Å². The maximum atomic E-state index is 14.8. The molecule has 4 aromatic rings. The molecule has 0 spiro atoms. The van der Waals surface area contributed by atoms with E-state index in [4.69, 9.17) is 0 Å². The van der Waals surface area contributed by atoms with Gasteiger partial charge in [0.25, 0.3) is 0 Å². The molecule has 4 aromatic carbocycles. The summed E-state index contributed by atoms with van der Waals surface area (Å²) in [5.41, 5.74) is -4.05. The minimum Gasteiger partial charge on any atom is -0.429 e. The van der Waals surface area contributed by atoms with E-state index in [1.807, 2.05) is 12.1 Å². The second-order valence-electron chi connectivity index (χ2n) is 9.16. The van der Waals surface area contributed by atoms with Gasteiger partial charge in [-0.15, -0.1) is 6.58 Å². The van der Waals surface area contributed by atoms with Crippen LogP contribution in [-0.4, -0.2) is 0 Å². The van der Waals surface area contributed by atoms with E-state index in [0.29, 0.717) is 11.6 Å². The van der Waals surface area contributed by atoms with Gasteiger partial charge in [0, 0.05) is 23.3 Å². The van der Waals surface area contributed by atoms with Crippen LogP contribution in [0, 0.1) is 40.9 Å². The summed E-state index contributed by atoms with van der Waals surface area (Å²) < 4.78 is 144. The van der Waals surface area contributed by atoms with Crippen molar-refractivity contribution in [2.75, 3.05) is 0 Å². The van der Waals surface area contributed by atoms with Crippen molar-refractivity contribution in [2.45, 2.75) is 25.1 Å². The number of benzene rings is 4. The van der Waals surface area contributed by atoms with Gasteiger partial charge in [0.1, 0.15) is 46.0 Å². The molecule has 0 saturated carbocycles. The zero-order chi connectivity index (χ0) is 31.5. The van der Waals surface area contributed by atoms with Crippen LogP contribution in [0.4, 0.5) is 43.9 Å². The zero-order valence-electron chi connectivity index (χ0n) is 21.7. The molecule has 0 bridgehead atoms. The average Bonchev–Trinajstić information content (AvgIpc) is 2.89. The second kappa shape index (κ2) is 12.3. The van der Waals surface area contributed by atoms with Gasteiger partial charge in [-0.05, 0) is 66.4 Å². The van der Waals surface area contributed by atoms with Gasteiger partial charge in [-0.2, -0.15) is 22.0 Å². The summed E-state index contributed by atoms with van der Waals surface area (Å²) in [5, 5.41) is 0. The molecule has 0 unspecified atom stereocenters. The standard InChI is InChI=1S/C32H18F10O/c1-2-3-4-18-5-7-19(8-6-18)9-10-20-11-12-23(24(33)13-20)32(41,42)43-22-16-25(34)29(26(35)17-22)21-14-27(36)30(28(37)15-21)31(38,39)40/h2,5-8,11-17H,1,3-4H2. The van der Waals surface area contributed by atoms with Crippen molar-refractivity contribution < 1.29 is 48.6 Å². The third-order valence-corrected chi connectivity index (χ3v) is 6.10. The first kappa shape index (κ1) is 31.2. The number of allylic oxidation sites excluding steroid dienone is 1. The van der Waals surface area contributed by atoms with Gasteiger partial charge < -0.3 is 4.74 Å². The van der Waals surface area contributed by atoms with Crippen LogP contribution in [0.3, 0.4) is 0 Å². The van der Waals surface area contributed by atoms with Crippen LogP contribution in [0.2, 0.25) is 0 Å². The minimum atomic E-state index is -5.43. The summed E-state index contributed by atoms with van der Waals surface area (Å²) >= 11 is 0. The van der Waals surface area contributed by atoms with Crippen molar-refractivity contribution in [1.29, 1.82) is 0 Å². The Hall–Kier alpha value is -4.72. The molecule has 0 aromatic heterocycles. The maximum Gasteiger partial charge on any atom is 0.429 e. The van der Waals surface area contributed by atoms with Crippen LogP contribution >= 0.6 is 0 Å². The SMILES string of the molecule is C=CCCc1ccc(C#Cc2ccc(C(F)(F)Oc3cc(F)c(-c4cc(F)c(C(F)(F)F)c(F)c4)c(F)c3)c(F)c2)cc1. The Morgan fingerprint density at radius 2 is 1.23 bits per heavy atom. The molecule has 11 heteroatoms. The third-order valence-electron chi connectivity index (χ3n) is 6.10. The van der Waals surface area contributed by atoms with Crippen molar-refractivity contribution in [3.05, 3.63) is 136 Å². The summed E-state index contributed by atoms with van der Waals surface area (Å²) in [6.07, 6.45) is -6.50. The number of halogens is 10. The molecule has 0 saturated heterocycles. The van der Waals surface area contributed by atoms with Gasteiger partial charge in [-0.3, -0.25) is 0 Å². The normalized spacial score (nSPS) is 11.6. The van der Waals surface area contributed by atoms with E-state index in [1.54, 1.807) is 18.2 Å². The minimum absolute atomic E-state index is 0.0434. The molecular formula is C32H18F10O. The highest BCUT2D eigenvalue weighted by Crippen LogP contribution is 2.39. The number of aryl methyl sites for hydroxylation is 1. The van der Waals surface area contributed by atoms with Crippen molar-refractivity contribution in [3.63, 3.8) is 0 Å². The smallest absolute Gasteiger partial charge is 0.429 e. The molecule has 0 aliphatic carbocycles. The predicted octanol–water partition coefficient (Wildman–Crippen LogP) is 9.71. The van der Waals surface area contributed by atoms with Gasteiger partial charge in [-0.25, -0.2) is 22.0 Å². The Balaban J connectivity index is 1.55. The molecule has 4 rings (SSSR count). The second-order valence-corrected chi connectivity index (χ2v) is 9.16. The fourth-order valence-electron chi connectivity index (χ4n) is 4.07. The average molecular weight is 608 g/mol. The topological polar surface area (TPSA) is 9.23 Å². The monoisotopic (exact) mass is 608 g/mol. The van der Waals surface area contributed by atoms with E-state index in [-0.39, 0.29) is 29.8 Å². The van der Waals surface area contributed by atoms with E-state index >= 15 is 0 Å². The molecule has 0 heterocycles. The maximum absolute atomic E-state index is 14.8.